The molecule has 1 aromatic heterocycles. The van der Waals surface area contributed by atoms with Crippen LogP contribution in [-0.2, 0) is 0 Å². The molecule has 4 fully saturated rings. The monoisotopic (exact) mass is 275 g/mol. The standard InChI is InChI=1S/C16H21NOS/c18-17-14(15-2-1-3-19-15)10-16-7-11-4-12(8-16)6-13(5-11)9-16/h1-3,11-13,18H,4-10H2. The molecule has 4 aliphatic rings. The third-order valence-electron chi connectivity index (χ3n) is 5.63. The second kappa shape index (κ2) is 4.34. The molecule has 0 atom stereocenters. The van der Waals surface area contributed by atoms with Crippen LogP contribution in [0.5, 0.6) is 0 Å². The number of rotatable bonds is 3. The van der Waals surface area contributed by atoms with Crippen LogP contribution in [0.4, 0.5) is 0 Å². The molecule has 0 unspecified atom stereocenters. The SMILES string of the molecule is ON=C(CC12CC3CC(CC(C3)C1)C2)c1cccs1. The van der Waals surface area contributed by atoms with E-state index in [1.54, 1.807) is 11.3 Å². The first-order valence-corrected chi connectivity index (χ1v) is 8.39. The van der Waals surface area contributed by atoms with E-state index < -0.39 is 0 Å². The third-order valence-corrected chi connectivity index (χ3v) is 6.55. The highest BCUT2D eigenvalue weighted by molar-refractivity contribution is 7.12. The molecular weight excluding hydrogens is 254 g/mol. The van der Waals surface area contributed by atoms with Gasteiger partial charge in [-0.25, -0.2) is 0 Å². The Morgan fingerprint density at radius 2 is 1.84 bits per heavy atom. The maximum absolute atomic E-state index is 9.39. The molecule has 0 aliphatic heterocycles. The highest BCUT2D eigenvalue weighted by Gasteiger charge is 2.51. The number of oxime groups is 1. The minimum atomic E-state index is 0.459. The quantitative estimate of drug-likeness (QED) is 0.490. The van der Waals surface area contributed by atoms with E-state index in [2.05, 4.69) is 16.6 Å². The smallest absolute Gasteiger partial charge is 0.0972 e. The van der Waals surface area contributed by atoms with E-state index >= 15 is 0 Å². The third kappa shape index (κ3) is 2.03. The lowest BCUT2D eigenvalue weighted by molar-refractivity contribution is -0.0483. The molecule has 2 nitrogen and oxygen atoms in total. The molecule has 102 valence electrons. The summed E-state index contributed by atoms with van der Waals surface area (Å²) < 4.78 is 0. The zero-order chi connectivity index (χ0) is 12.9. The van der Waals surface area contributed by atoms with Crippen LogP contribution in [0, 0.1) is 23.2 Å². The fourth-order valence-corrected chi connectivity index (χ4v) is 6.19. The van der Waals surface area contributed by atoms with Crippen molar-refractivity contribution in [3.8, 4) is 0 Å². The summed E-state index contributed by atoms with van der Waals surface area (Å²) in [5.74, 6) is 2.90. The molecule has 3 heteroatoms. The second-order valence-electron chi connectivity index (χ2n) is 7.12. The highest BCUT2D eigenvalue weighted by atomic mass is 32.1. The highest BCUT2D eigenvalue weighted by Crippen LogP contribution is 2.61. The Balaban J connectivity index is 1.59. The second-order valence-corrected chi connectivity index (χ2v) is 8.07. The van der Waals surface area contributed by atoms with Gasteiger partial charge in [0.15, 0.2) is 0 Å². The Morgan fingerprint density at radius 3 is 2.32 bits per heavy atom. The van der Waals surface area contributed by atoms with Gasteiger partial charge in [0.25, 0.3) is 0 Å². The van der Waals surface area contributed by atoms with Gasteiger partial charge in [-0.05, 0) is 73.1 Å². The maximum Gasteiger partial charge on any atom is 0.0972 e. The average molecular weight is 275 g/mol. The van der Waals surface area contributed by atoms with Gasteiger partial charge in [0.1, 0.15) is 0 Å². The Hall–Kier alpha value is -0.830. The van der Waals surface area contributed by atoms with E-state index in [4.69, 9.17) is 0 Å². The summed E-state index contributed by atoms with van der Waals surface area (Å²) in [4.78, 5) is 1.15. The summed E-state index contributed by atoms with van der Waals surface area (Å²) in [6.07, 6.45) is 9.56. The zero-order valence-corrected chi connectivity index (χ0v) is 12.0. The predicted molar refractivity (Wildman–Crippen MR) is 77.9 cm³/mol. The van der Waals surface area contributed by atoms with Crippen molar-refractivity contribution >= 4 is 17.0 Å². The topological polar surface area (TPSA) is 32.6 Å². The summed E-state index contributed by atoms with van der Waals surface area (Å²) in [5, 5.41) is 15.1. The molecule has 5 rings (SSSR count). The largest absolute Gasteiger partial charge is 0.411 e. The van der Waals surface area contributed by atoms with Gasteiger partial charge in [-0.15, -0.1) is 11.3 Å². The van der Waals surface area contributed by atoms with Crippen LogP contribution in [0.2, 0.25) is 0 Å². The Kier molecular flexibility index (Phi) is 2.73. The van der Waals surface area contributed by atoms with Gasteiger partial charge >= 0.3 is 0 Å². The van der Waals surface area contributed by atoms with Crippen molar-refractivity contribution in [2.45, 2.75) is 44.9 Å². The van der Waals surface area contributed by atoms with E-state index in [9.17, 15) is 5.21 Å². The summed E-state index contributed by atoms with van der Waals surface area (Å²) in [7, 11) is 0. The molecule has 0 amide bonds. The minimum absolute atomic E-state index is 0.459. The number of thiophene rings is 1. The van der Waals surface area contributed by atoms with Crippen LogP contribution in [0.1, 0.15) is 49.8 Å². The fourth-order valence-electron chi connectivity index (χ4n) is 5.48. The van der Waals surface area contributed by atoms with Crippen molar-refractivity contribution in [2.24, 2.45) is 28.3 Å². The first kappa shape index (κ1) is 12.0. The van der Waals surface area contributed by atoms with Gasteiger partial charge in [-0.3, -0.25) is 0 Å². The molecule has 0 spiro atoms. The van der Waals surface area contributed by atoms with E-state index in [-0.39, 0.29) is 0 Å². The Bertz CT molecular complexity index is 456. The van der Waals surface area contributed by atoms with Gasteiger partial charge in [-0.2, -0.15) is 0 Å². The maximum atomic E-state index is 9.39. The van der Waals surface area contributed by atoms with Crippen LogP contribution in [0.25, 0.3) is 0 Å². The zero-order valence-electron chi connectivity index (χ0n) is 11.2. The van der Waals surface area contributed by atoms with Crippen LogP contribution in [-0.4, -0.2) is 10.9 Å². The van der Waals surface area contributed by atoms with E-state index in [1.165, 1.54) is 38.5 Å². The van der Waals surface area contributed by atoms with Gasteiger partial charge in [0.05, 0.1) is 10.6 Å². The lowest BCUT2D eigenvalue weighted by Crippen LogP contribution is -2.46. The van der Waals surface area contributed by atoms with Crippen LogP contribution >= 0.6 is 11.3 Å². The molecule has 4 bridgehead atoms. The summed E-state index contributed by atoms with van der Waals surface area (Å²) >= 11 is 1.69. The van der Waals surface area contributed by atoms with Crippen molar-refractivity contribution in [3.05, 3.63) is 22.4 Å². The van der Waals surface area contributed by atoms with Gasteiger partial charge in [-0.1, -0.05) is 11.2 Å². The lowest BCUT2D eigenvalue weighted by atomic mass is 9.48. The Morgan fingerprint density at radius 1 is 1.21 bits per heavy atom. The van der Waals surface area contributed by atoms with E-state index in [1.807, 2.05) is 6.07 Å². The molecule has 0 saturated heterocycles. The minimum Gasteiger partial charge on any atom is -0.411 e. The molecule has 4 aliphatic carbocycles. The molecular formula is C16H21NOS. The van der Waals surface area contributed by atoms with Gasteiger partial charge < -0.3 is 5.21 Å². The lowest BCUT2D eigenvalue weighted by Gasteiger charge is -2.57. The normalized spacial score (nSPS) is 40.8. The predicted octanol–water partition coefficient (Wildman–Crippen LogP) is 4.53. The van der Waals surface area contributed by atoms with Crippen LogP contribution < -0.4 is 0 Å². The molecule has 0 radical (unpaired) electrons. The van der Waals surface area contributed by atoms with Gasteiger partial charge in [0, 0.05) is 6.42 Å². The average Bonchev–Trinajstić information content (AvgIpc) is 2.88. The first-order chi connectivity index (χ1) is 9.26. The molecule has 0 aromatic carbocycles. The summed E-state index contributed by atoms with van der Waals surface area (Å²) in [6, 6.07) is 4.13. The van der Waals surface area contributed by atoms with Crippen molar-refractivity contribution in [1.29, 1.82) is 0 Å². The van der Waals surface area contributed by atoms with Crippen LogP contribution in [0.15, 0.2) is 22.7 Å². The fraction of sp³-hybridized carbons (Fsp3) is 0.688. The summed E-state index contributed by atoms with van der Waals surface area (Å²) in [5.41, 5.74) is 1.39. The molecule has 1 N–H and O–H groups in total. The first-order valence-electron chi connectivity index (χ1n) is 7.51. The van der Waals surface area contributed by atoms with E-state index in [0.29, 0.717) is 5.41 Å². The molecule has 4 saturated carbocycles. The van der Waals surface area contributed by atoms with Crippen molar-refractivity contribution in [1.82, 2.24) is 0 Å². The number of hydrogen-bond acceptors (Lipinski definition) is 3. The van der Waals surface area contributed by atoms with Gasteiger partial charge in [0.2, 0.25) is 0 Å². The molecule has 1 heterocycles. The van der Waals surface area contributed by atoms with E-state index in [0.717, 1.165) is 34.8 Å². The van der Waals surface area contributed by atoms with Crippen molar-refractivity contribution in [3.63, 3.8) is 0 Å². The van der Waals surface area contributed by atoms with Crippen molar-refractivity contribution < 1.29 is 5.21 Å². The molecule has 19 heavy (non-hydrogen) atoms. The Labute approximate surface area is 118 Å². The number of nitrogens with zero attached hydrogens (tertiary/aromatic N) is 1. The van der Waals surface area contributed by atoms with Crippen molar-refractivity contribution in [2.75, 3.05) is 0 Å². The van der Waals surface area contributed by atoms with Crippen LogP contribution in [0.3, 0.4) is 0 Å². The number of hydrogen-bond donors (Lipinski definition) is 1. The summed E-state index contributed by atoms with van der Waals surface area (Å²) in [6.45, 7) is 0. The molecule has 1 aromatic rings.